The molecule has 1 aliphatic rings. The van der Waals surface area contributed by atoms with E-state index in [0.29, 0.717) is 27.4 Å². The fourth-order valence-electron chi connectivity index (χ4n) is 2.79. The summed E-state index contributed by atoms with van der Waals surface area (Å²) in [5.41, 5.74) is 3.68. The molecule has 0 saturated carbocycles. The van der Waals surface area contributed by atoms with Gasteiger partial charge in [-0.25, -0.2) is 5.01 Å². The third-order valence-electron chi connectivity index (χ3n) is 4.03. The Morgan fingerprint density at radius 3 is 2.63 bits per heavy atom. The van der Waals surface area contributed by atoms with Gasteiger partial charge in [-0.2, -0.15) is 0 Å². The van der Waals surface area contributed by atoms with E-state index in [0.717, 1.165) is 4.47 Å². The van der Waals surface area contributed by atoms with E-state index in [1.807, 2.05) is 13.0 Å². The van der Waals surface area contributed by atoms with Gasteiger partial charge in [0.05, 0.1) is 5.56 Å². The number of benzene rings is 1. The van der Waals surface area contributed by atoms with Crippen LogP contribution in [0.5, 0.6) is 0 Å². The van der Waals surface area contributed by atoms with Gasteiger partial charge < -0.3 is 14.2 Å². The fourth-order valence-corrected chi connectivity index (χ4v) is 3.46. The number of aryl methyl sites for hydroxylation is 1. The molecule has 0 saturated heterocycles. The quantitative estimate of drug-likeness (QED) is 0.554. The Kier molecular flexibility index (Phi) is 4.56. The second-order valence-electron chi connectivity index (χ2n) is 5.91. The molecule has 0 fully saturated rings. The number of nitrogens with zero attached hydrogens (tertiary/aromatic N) is 1. The van der Waals surface area contributed by atoms with Crippen molar-refractivity contribution in [3.8, 4) is 0 Å². The number of furan rings is 2. The highest BCUT2D eigenvalue weighted by molar-refractivity contribution is 9.10. The Morgan fingerprint density at radius 2 is 1.96 bits per heavy atom. The summed E-state index contributed by atoms with van der Waals surface area (Å²) >= 11 is 6.53. The Bertz CT molecular complexity index is 1040. The first-order valence-electron chi connectivity index (χ1n) is 7.94. The highest BCUT2D eigenvalue weighted by Crippen LogP contribution is 2.34. The molecule has 7 nitrogen and oxygen atoms in total. The average Bonchev–Trinajstić information content (AvgIpc) is 3.26. The van der Waals surface area contributed by atoms with Gasteiger partial charge in [0.15, 0.2) is 16.6 Å². The van der Waals surface area contributed by atoms with Gasteiger partial charge >= 0.3 is 5.91 Å². The van der Waals surface area contributed by atoms with Crippen molar-refractivity contribution < 1.29 is 18.4 Å². The van der Waals surface area contributed by atoms with Gasteiger partial charge in [0, 0.05) is 10.2 Å². The summed E-state index contributed by atoms with van der Waals surface area (Å²) < 4.78 is 12.1. The molecule has 1 atom stereocenters. The topological polar surface area (TPSA) is 87.7 Å². The van der Waals surface area contributed by atoms with Crippen molar-refractivity contribution in [3.63, 3.8) is 0 Å². The van der Waals surface area contributed by atoms with Gasteiger partial charge in [0.2, 0.25) is 0 Å². The normalized spacial score (nSPS) is 16.0. The second-order valence-corrected chi connectivity index (χ2v) is 7.60. The summed E-state index contributed by atoms with van der Waals surface area (Å²) in [6.45, 7) is 1.81. The maximum atomic E-state index is 13.1. The van der Waals surface area contributed by atoms with Gasteiger partial charge in [-0.3, -0.25) is 15.0 Å². The first kappa shape index (κ1) is 17.9. The Morgan fingerprint density at radius 1 is 1.15 bits per heavy atom. The summed E-state index contributed by atoms with van der Waals surface area (Å²) in [6, 6.07) is 12.0. The number of rotatable bonds is 3. The van der Waals surface area contributed by atoms with Gasteiger partial charge in [-0.1, -0.05) is 15.9 Å². The monoisotopic (exact) mass is 493 g/mol. The van der Waals surface area contributed by atoms with Crippen LogP contribution in [0.2, 0.25) is 0 Å². The fraction of sp³-hybridized carbons (Fsp3) is 0.111. The Hall–Kier alpha value is -2.52. The molecule has 2 N–H and O–H groups in total. The molecule has 3 heterocycles. The van der Waals surface area contributed by atoms with Crippen LogP contribution in [0.1, 0.15) is 38.6 Å². The highest BCUT2D eigenvalue weighted by Gasteiger charge is 2.36. The van der Waals surface area contributed by atoms with E-state index in [-0.39, 0.29) is 11.7 Å². The summed E-state index contributed by atoms with van der Waals surface area (Å²) in [5, 5.41) is 4.43. The van der Waals surface area contributed by atoms with Crippen molar-refractivity contribution in [2.75, 3.05) is 5.32 Å². The number of hydrogen-bond donors (Lipinski definition) is 2. The molecule has 27 heavy (non-hydrogen) atoms. The van der Waals surface area contributed by atoms with Crippen LogP contribution in [0.4, 0.5) is 5.69 Å². The number of anilines is 1. The van der Waals surface area contributed by atoms with Crippen LogP contribution in [0, 0.1) is 6.92 Å². The molecule has 0 radical (unpaired) electrons. The molecule has 1 aliphatic heterocycles. The molecular formula is C18H13Br2N3O4. The minimum Gasteiger partial charge on any atom is -0.462 e. The molecule has 3 aromatic rings. The standard InChI is InChI=1S/C18H13Br2N3O4/c1-9-2-5-13(26-9)16-21-12-4-3-10(19)8-11(12)18(25)23(16)22-17(24)14-6-7-15(20)27-14/h2-8,16,21H,1H3,(H,22,24)/t16-/m0/s1. The largest absolute Gasteiger partial charge is 0.462 e. The summed E-state index contributed by atoms with van der Waals surface area (Å²) in [4.78, 5) is 25.6. The van der Waals surface area contributed by atoms with Crippen molar-refractivity contribution >= 4 is 49.4 Å². The minimum atomic E-state index is -0.706. The summed E-state index contributed by atoms with van der Waals surface area (Å²) in [6.07, 6.45) is -0.706. The van der Waals surface area contributed by atoms with Crippen molar-refractivity contribution in [2.24, 2.45) is 0 Å². The zero-order chi connectivity index (χ0) is 19.1. The zero-order valence-corrected chi connectivity index (χ0v) is 17.1. The van der Waals surface area contributed by atoms with E-state index < -0.39 is 12.1 Å². The average molecular weight is 495 g/mol. The van der Waals surface area contributed by atoms with Crippen LogP contribution in [-0.2, 0) is 0 Å². The summed E-state index contributed by atoms with van der Waals surface area (Å²) in [5.74, 6) is 0.340. The molecule has 138 valence electrons. The third kappa shape index (κ3) is 3.40. The van der Waals surface area contributed by atoms with Crippen molar-refractivity contribution in [3.05, 3.63) is 74.5 Å². The maximum Gasteiger partial charge on any atom is 0.305 e. The molecule has 0 unspecified atom stereocenters. The number of halogens is 2. The van der Waals surface area contributed by atoms with Crippen LogP contribution < -0.4 is 10.7 Å². The first-order valence-corrected chi connectivity index (χ1v) is 9.53. The van der Waals surface area contributed by atoms with Crippen LogP contribution in [-0.4, -0.2) is 16.8 Å². The molecule has 4 rings (SSSR count). The molecule has 1 aromatic carbocycles. The highest BCUT2D eigenvalue weighted by atomic mass is 79.9. The van der Waals surface area contributed by atoms with Crippen LogP contribution >= 0.6 is 31.9 Å². The Balaban J connectivity index is 1.72. The van der Waals surface area contributed by atoms with E-state index in [2.05, 4.69) is 42.6 Å². The molecule has 9 heteroatoms. The van der Waals surface area contributed by atoms with Gasteiger partial charge in [0.1, 0.15) is 11.5 Å². The lowest BCUT2D eigenvalue weighted by molar-refractivity contribution is 0.0455. The van der Waals surface area contributed by atoms with Gasteiger partial charge in [-0.15, -0.1) is 0 Å². The molecule has 0 bridgehead atoms. The van der Waals surface area contributed by atoms with E-state index in [4.69, 9.17) is 8.83 Å². The lowest BCUT2D eigenvalue weighted by Crippen LogP contribution is -2.52. The lowest BCUT2D eigenvalue weighted by atomic mass is 10.1. The van der Waals surface area contributed by atoms with Crippen LogP contribution in [0.3, 0.4) is 0 Å². The van der Waals surface area contributed by atoms with Crippen LogP contribution in [0.15, 0.2) is 60.4 Å². The maximum absolute atomic E-state index is 13.1. The van der Waals surface area contributed by atoms with Gasteiger partial charge in [0.25, 0.3) is 5.91 Å². The van der Waals surface area contributed by atoms with Crippen molar-refractivity contribution in [1.82, 2.24) is 10.4 Å². The van der Waals surface area contributed by atoms with E-state index in [1.165, 1.54) is 11.1 Å². The van der Waals surface area contributed by atoms with E-state index >= 15 is 0 Å². The number of carbonyl (C=O) groups excluding carboxylic acids is 2. The number of fused-ring (bicyclic) bond motifs is 1. The first-order chi connectivity index (χ1) is 12.9. The van der Waals surface area contributed by atoms with E-state index in [1.54, 1.807) is 30.3 Å². The number of hydrogen-bond acceptors (Lipinski definition) is 5. The predicted molar refractivity (Wildman–Crippen MR) is 104 cm³/mol. The zero-order valence-electron chi connectivity index (χ0n) is 14.0. The number of carbonyl (C=O) groups is 2. The third-order valence-corrected chi connectivity index (χ3v) is 4.95. The van der Waals surface area contributed by atoms with Crippen molar-refractivity contribution in [1.29, 1.82) is 0 Å². The summed E-state index contributed by atoms with van der Waals surface area (Å²) in [7, 11) is 0. The number of hydrazine groups is 1. The molecule has 2 amide bonds. The second kappa shape index (κ2) is 6.90. The number of nitrogens with one attached hydrogen (secondary N) is 2. The minimum absolute atomic E-state index is 0.0732. The predicted octanol–water partition coefficient (Wildman–Crippen LogP) is 4.62. The number of amides is 2. The van der Waals surface area contributed by atoms with Crippen LogP contribution in [0.25, 0.3) is 0 Å². The SMILES string of the molecule is Cc1ccc([C@H]2Nc3ccc(Br)cc3C(=O)N2NC(=O)c2ccc(Br)o2)o1. The molecule has 2 aromatic heterocycles. The van der Waals surface area contributed by atoms with Gasteiger partial charge in [-0.05, 0) is 65.3 Å². The molecule has 0 spiro atoms. The lowest BCUT2D eigenvalue weighted by Gasteiger charge is -2.36. The Labute approximate surface area is 170 Å². The molecular weight excluding hydrogens is 482 g/mol. The van der Waals surface area contributed by atoms with Crippen molar-refractivity contribution in [2.45, 2.75) is 13.1 Å². The smallest absolute Gasteiger partial charge is 0.305 e. The molecule has 0 aliphatic carbocycles. The van der Waals surface area contributed by atoms with E-state index in [9.17, 15) is 9.59 Å².